The van der Waals surface area contributed by atoms with E-state index in [9.17, 15) is 9.59 Å². The highest BCUT2D eigenvalue weighted by Crippen LogP contribution is 2.37. The summed E-state index contributed by atoms with van der Waals surface area (Å²) in [5.41, 5.74) is 0.359. The molecule has 156 valence electrons. The van der Waals surface area contributed by atoms with Crippen molar-refractivity contribution in [3.63, 3.8) is 0 Å². The number of fused-ring (bicyclic) bond motifs is 2. The number of aromatic nitrogens is 3. The lowest BCUT2D eigenvalue weighted by atomic mass is 10.1. The first-order valence-electron chi connectivity index (χ1n) is 9.78. The Balaban J connectivity index is 2.08. The molecule has 1 aliphatic rings. The van der Waals surface area contributed by atoms with Crippen LogP contribution in [0, 0.1) is 12.8 Å². The molecule has 1 aliphatic heterocycles. The second kappa shape index (κ2) is 7.43. The van der Waals surface area contributed by atoms with Gasteiger partial charge in [-0.1, -0.05) is 44.2 Å². The molecular weight excluding hydrogens is 446 g/mol. The van der Waals surface area contributed by atoms with Gasteiger partial charge in [0.05, 0.1) is 0 Å². The molecule has 3 aromatic rings. The van der Waals surface area contributed by atoms with Crippen molar-refractivity contribution in [1.82, 2.24) is 14.1 Å². The van der Waals surface area contributed by atoms with Crippen LogP contribution in [0.15, 0.2) is 52.2 Å². The maximum atomic E-state index is 13.7. The Morgan fingerprint density at radius 1 is 1.17 bits per heavy atom. The van der Waals surface area contributed by atoms with Crippen LogP contribution >= 0.6 is 15.9 Å². The van der Waals surface area contributed by atoms with E-state index in [1.807, 2.05) is 66.4 Å². The molecule has 4 rings (SSSR count). The average molecular weight is 470 g/mol. The van der Waals surface area contributed by atoms with Gasteiger partial charge in [0.15, 0.2) is 16.6 Å². The molecule has 0 saturated heterocycles. The standard InChI is InChI=1S/C22H24BrN5O2/c1-13(2)10-11-27-17-19(25(4)21(27)23)26(5)22(30)28(20(17)29)18-16-9-7-6-8-15(16)12-14(3)24-18/h6-13,21H,1-5H3. The smallest absolute Gasteiger partial charge is 0.329 e. The summed E-state index contributed by atoms with van der Waals surface area (Å²) in [7, 11) is 3.53. The molecule has 3 heterocycles. The van der Waals surface area contributed by atoms with Crippen LogP contribution in [0.2, 0.25) is 0 Å². The highest BCUT2D eigenvalue weighted by atomic mass is 79.9. The van der Waals surface area contributed by atoms with E-state index in [1.165, 1.54) is 9.13 Å². The number of allylic oxidation sites excluding steroid dienone is 1. The summed E-state index contributed by atoms with van der Waals surface area (Å²) in [6, 6.07) is 9.59. The first kappa shape index (κ1) is 20.4. The number of hydrogen-bond donors (Lipinski definition) is 0. The summed E-state index contributed by atoms with van der Waals surface area (Å²) >= 11 is 3.65. The molecular formula is C22H24BrN5O2. The maximum Gasteiger partial charge on any atom is 0.338 e. The third kappa shape index (κ3) is 3.06. The summed E-state index contributed by atoms with van der Waals surface area (Å²) in [6.07, 6.45) is 3.91. The first-order chi connectivity index (χ1) is 14.2. The fraction of sp³-hybridized carbons (Fsp3) is 0.318. The molecule has 0 amide bonds. The molecule has 7 nitrogen and oxygen atoms in total. The Labute approximate surface area is 183 Å². The molecule has 2 aromatic heterocycles. The molecule has 0 saturated carbocycles. The predicted molar refractivity (Wildman–Crippen MR) is 125 cm³/mol. The highest BCUT2D eigenvalue weighted by Gasteiger charge is 2.37. The number of pyridine rings is 1. The molecule has 1 atom stereocenters. The first-order valence-corrected chi connectivity index (χ1v) is 10.7. The normalized spacial score (nSPS) is 16.3. The molecule has 1 aromatic carbocycles. The van der Waals surface area contributed by atoms with Crippen molar-refractivity contribution < 1.29 is 0 Å². The summed E-state index contributed by atoms with van der Waals surface area (Å²) in [5, 5.41) is 1.41. The zero-order valence-corrected chi connectivity index (χ0v) is 19.2. The number of hydrogen-bond acceptors (Lipinski definition) is 5. The van der Waals surface area contributed by atoms with Gasteiger partial charge in [-0.05, 0) is 40.2 Å². The van der Waals surface area contributed by atoms with Crippen molar-refractivity contribution in [3.8, 4) is 5.82 Å². The van der Waals surface area contributed by atoms with Gasteiger partial charge in [0, 0.05) is 31.4 Å². The van der Waals surface area contributed by atoms with Gasteiger partial charge in [0.25, 0.3) is 5.56 Å². The van der Waals surface area contributed by atoms with Crippen LogP contribution in [0.25, 0.3) is 16.6 Å². The van der Waals surface area contributed by atoms with E-state index in [2.05, 4.69) is 34.8 Å². The van der Waals surface area contributed by atoms with Gasteiger partial charge in [0.1, 0.15) is 5.82 Å². The minimum Gasteiger partial charge on any atom is -0.329 e. The van der Waals surface area contributed by atoms with Crippen LogP contribution in [0.1, 0.15) is 19.5 Å². The summed E-state index contributed by atoms with van der Waals surface area (Å²) in [6.45, 7) is 6.00. The lowest BCUT2D eigenvalue weighted by Gasteiger charge is -2.22. The number of halogens is 1. The van der Waals surface area contributed by atoms with E-state index in [4.69, 9.17) is 0 Å². The molecule has 0 aliphatic carbocycles. The number of rotatable bonds is 3. The zero-order chi connectivity index (χ0) is 21.7. The Kier molecular flexibility index (Phi) is 5.05. The lowest BCUT2D eigenvalue weighted by molar-refractivity contribution is 0.729. The van der Waals surface area contributed by atoms with Crippen molar-refractivity contribution >= 4 is 38.2 Å². The van der Waals surface area contributed by atoms with E-state index in [0.717, 1.165) is 16.5 Å². The lowest BCUT2D eigenvalue weighted by Crippen LogP contribution is -2.40. The van der Waals surface area contributed by atoms with Crippen molar-refractivity contribution in [2.75, 3.05) is 16.8 Å². The van der Waals surface area contributed by atoms with Crippen LogP contribution in [0.3, 0.4) is 0 Å². The Hall–Kier alpha value is -2.87. The number of benzene rings is 1. The van der Waals surface area contributed by atoms with E-state index in [-0.39, 0.29) is 5.08 Å². The molecule has 0 radical (unpaired) electrons. The number of aryl methyl sites for hydroxylation is 1. The molecule has 0 spiro atoms. The Bertz CT molecular complexity index is 1290. The molecule has 0 N–H and O–H groups in total. The van der Waals surface area contributed by atoms with E-state index in [0.29, 0.717) is 23.2 Å². The number of nitrogens with zero attached hydrogens (tertiary/aromatic N) is 5. The Morgan fingerprint density at radius 3 is 2.57 bits per heavy atom. The van der Waals surface area contributed by atoms with Crippen molar-refractivity contribution in [3.05, 3.63) is 69.1 Å². The van der Waals surface area contributed by atoms with Gasteiger partial charge >= 0.3 is 5.69 Å². The monoisotopic (exact) mass is 469 g/mol. The van der Waals surface area contributed by atoms with Crippen molar-refractivity contribution in [2.24, 2.45) is 13.0 Å². The maximum absolute atomic E-state index is 13.7. The molecule has 0 bridgehead atoms. The van der Waals surface area contributed by atoms with Crippen LogP contribution in [-0.2, 0) is 7.05 Å². The van der Waals surface area contributed by atoms with Crippen LogP contribution < -0.4 is 21.0 Å². The zero-order valence-electron chi connectivity index (χ0n) is 17.6. The summed E-state index contributed by atoms with van der Waals surface area (Å²) in [4.78, 5) is 35.4. The quantitative estimate of drug-likeness (QED) is 0.433. The molecule has 30 heavy (non-hydrogen) atoms. The molecule has 1 unspecified atom stereocenters. The molecule has 0 fully saturated rings. The topological polar surface area (TPSA) is 63.4 Å². The third-order valence-corrected chi connectivity index (χ3v) is 6.30. The largest absolute Gasteiger partial charge is 0.338 e. The fourth-order valence-corrected chi connectivity index (χ4v) is 4.33. The van der Waals surface area contributed by atoms with Crippen LogP contribution in [0.5, 0.6) is 0 Å². The highest BCUT2D eigenvalue weighted by molar-refractivity contribution is 9.09. The SMILES string of the molecule is Cc1cc2ccccc2c(-n2c(=O)c3c(n(C)c2=O)N(C)C(Br)N3C=CC(C)C)n1. The third-order valence-electron chi connectivity index (χ3n) is 5.25. The average Bonchev–Trinajstić information content (AvgIpc) is 2.95. The minimum absolute atomic E-state index is 0.279. The van der Waals surface area contributed by atoms with E-state index in [1.54, 1.807) is 7.05 Å². The van der Waals surface area contributed by atoms with Gasteiger partial charge in [-0.25, -0.2) is 14.3 Å². The van der Waals surface area contributed by atoms with E-state index >= 15 is 0 Å². The second-order valence-corrected chi connectivity index (χ2v) is 8.70. The van der Waals surface area contributed by atoms with E-state index < -0.39 is 11.2 Å². The van der Waals surface area contributed by atoms with Crippen LogP contribution in [0.4, 0.5) is 11.5 Å². The van der Waals surface area contributed by atoms with Crippen molar-refractivity contribution in [2.45, 2.75) is 25.8 Å². The minimum atomic E-state index is -0.428. The van der Waals surface area contributed by atoms with Gasteiger partial charge in [-0.15, -0.1) is 0 Å². The Morgan fingerprint density at radius 2 is 1.87 bits per heavy atom. The van der Waals surface area contributed by atoms with Gasteiger partial charge in [-0.3, -0.25) is 9.36 Å². The fourth-order valence-electron chi connectivity index (χ4n) is 3.79. The van der Waals surface area contributed by atoms with Gasteiger partial charge in [-0.2, -0.15) is 0 Å². The second-order valence-electron chi connectivity index (χ2n) is 7.88. The molecule has 8 heteroatoms. The van der Waals surface area contributed by atoms with Gasteiger partial charge < -0.3 is 9.80 Å². The summed E-state index contributed by atoms with van der Waals surface area (Å²) in [5.74, 6) is 1.23. The van der Waals surface area contributed by atoms with Crippen molar-refractivity contribution in [1.29, 1.82) is 0 Å². The number of anilines is 2. The summed E-state index contributed by atoms with van der Waals surface area (Å²) < 4.78 is 2.69. The predicted octanol–water partition coefficient (Wildman–Crippen LogP) is 3.50. The van der Waals surface area contributed by atoms with Crippen LogP contribution in [-0.4, -0.2) is 26.2 Å². The number of alkyl halides is 1. The van der Waals surface area contributed by atoms with Gasteiger partial charge in [0.2, 0.25) is 0 Å².